The molecule has 0 radical (unpaired) electrons. The van der Waals surface area contributed by atoms with Gasteiger partial charge in [0.05, 0.1) is 16.7 Å². The largest absolute Gasteiger partial charge is 0.370 e. The summed E-state index contributed by atoms with van der Waals surface area (Å²) in [7, 11) is -3.40. The Bertz CT molecular complexity index is 846. The van der Waals surface area contributed by atoms with Crippen LogP contribution in [0.4, 0.5) is 5.69 Å². The number of benzene rings is 2. The van der Waals surface area contributed by atoms with Crippen LogP contribution in [0, 0.1) is 0 Å². The van der Waals surface area contributed by atoms with Gasteiger partial charge in [-0.3, -0.25) is 0 Å². The summed E-state index contributed by atoms with van der Waals surface area (Å²) in [4.78, 5) is 4.69. The normalized spacial score (nSPS) is 13.6. The lowest BCUT2D eigenvalue weighted by Crippen LogP contribution is -2.28. The molecular formula is C20H27N3O2S. The quantitative estimate of drug-likeness (QED) is 0.571. The third kappa shape index (κ3) is 5.59. The van der Waals surface area contributed by atoms with E-state index in [9.17, 15) is 8.42 Å². The molecule has 3 N–H and O–H groups in total. The average Bonchev–Trinajstić information content (AvgIpc) is 2.61. The predicted molar refractivity (Wildman–Crippen MR) is 108 cm³/mol. The fourth-order valence-electron chi connectivity index (χ4n) is 2.58. The molecule has 0 fully saturated rings. The summed E-state index contributed by atoms with van der Waals surface area (Å²) in [5.41, 5.74) is 8.05. The lowest BCUT2D eigenvalue weighted by Gasteiger charge is -2.14. The van der Waals surface area contributed by atoms with Gasteiger partial charge in [-0.15, -0.1) is 0 Å². The Morgan fingerprint density at radius 3 is 2.42 bits per heavy atom. The zero-order valence-electron chi connectivity index (χ0n) is 15.5. The van der Waals surface area contributed by atoms with Crippen LogP contribution in [0.3, 0.4) is 0 Å². The number of hydrogen-bond donors (Lipinski definition) is 2. The van der Waals surface area contributed by atoms with Gasteiger partial charge in [0.2, 0.25) is 0 Å². The van der Waals surface area contributed by atoms with Crippen molar-refractivity contribution >= 4 is 21.5 Å². The molecule has 26 heavy (non-hydrogen) atoms. The molecule has 0 aromatic heterocycles. The van der Waals surface area contributed by atoms with Crippen LogP contribution in [0.2, 0.25) is 0 Å². The topological polar surface area (TPSA) is 84.5 Å². The molecule has 0 heterocycles. The molecule has 5 nitrogen and oxygen atoms in total. The fourth-order valence-corrected chi connectivity index (χ4v) is 4.16. The maximum absolute atomic E-state index is 12.5. The standard InChI is InChI=1S/C20H27N3O2S/c1-4-17(14-26(24,25)19-11-6-5-7-12-19)22-20(21)23-18-10-8-9-16(13-18)15(2)3/h5-13,15,17H,4,14H2,1-3H3,(H3,21,22,23). The average molecular weight is 374 g/mol. The number of aliphatic imine (C=N–C) groups is 1. The number of nitrogens with two attached hydrogens (primary N) is 1. The third-order valence-corrected chi connectivity index (χ3v) is 5.95. The summed E-state index contributed by atoms with van der Waals surface area (Å²) in [6.07, 6.45) is 0.584. The van der Waals surface area contributed by atoms with E-state index in [-0.39, 0.29) is 11.7 Å². The van der Waals surface area contributed by atoms with Crippen molar-refractivity contribution in [3.63, 3.8) is 0 Å². The van der Waals surface area contributed by atoms with Crippen LogP contribution in [0.15, 0.2) is 64.5 Å². The van der Waals surface area contributed by atoms with Crippen molar-refractivity contribution in [2.75, 3.05) is 11.1 Å². The summed E-state index contributed by atoms with van der Waals surface area (Å²) in [6, 6.07) is 16.0. The minimum atomic E-state index is -3.40. The van der Waals surface area contributed by atoms with Gasteiger partial charge in [-0.1, -0.05) is 51.1 Å². The van der Waals surface area contributed by atoms with E-state index in [4.69, 9.17) is 5.73 Å². The summed E-state index contributed by atoms with van der Waals surface area (Å²) in [6.45, 7) is 6.15. The Labute approximate surface area is 156 Å². The molecule has 2 rings (SSSR count). The first-order chi connectivity index (χ1) is 12.3. The monoisotopic (exact) mass is 373 g/mol. The zero-order chi connectivity index (χ0) is 19.2. The van der Waals surface area contributed by atoms with Gasteiger partial charge in [-0.05, 0) is 42.2 Å². The first-order valence-electron chi connectivity index (χ1n) is 8.80. The Kier molecular flexibility index (Phi) is 6.80. The number of rotatable bonds is 7. The van der Waals surface area contributed by atoms with Crippen LogP contribution >= 0.6 is 0 Å². The summed E-state index contributed by atoms with van der Waals surface area (Å²) in [5.74, 6) is 0.567. The number of hydrogen-bond acceptors (Lipinski definition) is 3. The summed E-state index contributed by atoms with van der Waals surface area (Å²) in [5, 5.41) is 3.06. The molecule has 0 bridgehead atoms. The molecule has 1 atom stereocenters. The number of anilines is 1. The van der Waals surface area contributed by atoms with E-state index >= 15 is 0 Å². The Hall–Kier alpha value is -2.34. The van der Waals surface area contributed by atoms with Crippen LogP contribution in [-0.2, 0) is 9.84 Å². The van der Waals surface area contributed by atoms with E-state index < -0.39 is 15.9 Å². The first kappa shape index (κ1) is 20.0. The van der Waals surface area contributed by atoms with Gasteiger partial charge in [0.25, 0.3) is 0 Å². The van der Waals surface area contributed by atoms with Crippen molar-refractivity contribution in [1.29, 1.82) is 0 Å². The Morgan fingerprint density at radius 1 is 1.12 bits per heavy atom. The SMILES string of the molecule is CCC(CS(=O)(=O)c1ccccc1)N=C(N)Nc1cccc(C(C)C)c1. The lowest BCUT2D eigenvalue weighted by atomic mass is 10.0. The summed E-state index contributed by atoms with van der Waals surface area (Å²) < 4.78 is 25.1. The van der Waals surface area contributed by atoms with Gasteiger partial charge in [0.1, 0.15) is 0 Å². The molecule has 0 saturated heterocycles. The Morgan fingerprint density at radius 2 is 1.81 bits per heavy atom. The van der Waals surface area contributed by atoms with E-state index in [2.05, 4.69) is 30.2 Å². The lowest BCUT2D eigenvalue weighted by molar-refractivity contribution is 0.584. The van der Waals surface area contributed by atoms with Crippen LogP contribution in [0.5, 0.6) is 0 Å². The molecular weight excluding hydrogens is 346 g/mol. The maximum atomic E-state index is 12.5. The molecule has 2 aromatic carbocycles. The molecule has 0 aliphatic carbocycles. The molecule has 0 aliphatic rings. The molecule has 140 valence electrons. The molecule has 1 unspecified atom stereocenters. The summed E-state index contributed by atoms with van der Waals surface area (Å²) >= 11 is 0. The molecule has 0 spiro atoms. The second kappa shape index (κ2) is 8.85. The molecule has 0 aliphatic heterocycles. The van der Waals surface area contributed by atoms with E-state index in [1.807, 2.05) is 25.1 Å². The second-order valence-corrected chi connectivity index (χ2v) is 8.61. The van der Waals surface area contributed by atoms with Crippen molar-refractivity contribution in [2.24, 2.45) is 10.7 Å². The second-order valence-electron chi connectivity index (χ2n) is 6.58. The van der Waals surface area contributed by atoms with E-state index in [1.165, 1.54) is 5.56 Å². The number of sulfone groups is 1. The highest BCUT2D eigenvalue weighted by atomic mass is 32.2. The van der Waals surface area contributed by atoms with Gasteiger partial charge in [-0.25, -0.2) is 13.4 Å². The molecule has 2 aromatic rings. The zero-order valence-corrected chi connectivity index (χ0v) is 16.3. The molecule has 6 heteroatoms. The number of guanidine groups is 1. The van der Waals surface area contributed by atoms with Gasteiger partial charge in [0, 0.05) is 5.69 Å². The van der Waals surface area contributed by atoms with Crippen LogP contribution in [0.25, 0.3) is 0 Å². The van der Waals surface area contributed by atoms with Gasteiger partial charge in [-0.2, -0.15) is 0 Å². The van der Waals surface area contributed by atoms with Crippen LogP contribution in [-0.4, -0.2) is 26.2 Å². The molecule has 0 amide bonds. The van der Waals surface area contributed by atoms with E-state index in [0.29, 0.717) is 17.2 Å². The van der Waals surface area contributed by atoms with E-state index in [1.54, 1.807) is 30.3 Å². The fraction of sp³-hybridized carbons (Fsp3) is 0.350. The van der Waals surface area contributed by atoms with Crippen molar-refractivity contribution in [1.82, 2.24) is 0 Å². The highest BCUT2D eigenvalue weighted by Gasteiger charge is 2.20. The van der Waals surface area contributed by atoms with Crippen molar-refractivity contribution < 1.29 is 8.42 Å². The highest BCUT2D eigenvalue weighted by molar-refractivity contribution is 7.91. The number of nitrogens with zero attached hydrogens (tertiary/aromatic N) is 1. The highest BCUT2D eigenvalue weighted by Crippen LogP contribution is 2.18. The van der Waals surface area contributed by atoms with Crippen molar-refractivity contribution in [2.45, 2.75) is 44.0 Å². The molecule has 0 saturated carbocycles. The smallest absolute Gasteiger partial charge is 0.193 e. The number of nitrogens with one attached hydrogen (secondary N) is 1. The van der Waals surface area contributed by atoms with Gasteiger partial charge < -0.3 is 11.1 Å². The van der Waals surface area contributed by atoms with E-state index in [0.717, 1.165) is 5.69 Å². The maximum Gasteiger partial charge on any atom is 0.193 e. The van der Waals surface area contributed by atoms with Crippen LogP contribution in [0.1, 0.15) is 38.7 Å². The van der Waals surface area contributed by atoms with Gasteiger partial charge in [0.15, 0.2) is 15.8 Å². The van der Waals surface area contributed by atoms with Crippen molar-refractivity contribution in [3.8, 4) is 0 Å². The van der Waals surface area contributed by atoms with Crippen molar-refractivity contribution in [3.05, 3.63) is 60.2 Å². The predicted octanol–water partition coefficient (Wildman–Crippen LogP) is 3.79. The minimum Gasteiger partial charge on any atom is -0.370 e. The van der Waals surface area contributed by atoms with Gasteiger partial charge >= 0.3 is 0 Å². The first-order valence-corrected chi connectivity index (χ1v) is 10.4. The minimum absolute atomic E-state index is 0.0675. The Balaban J connectivity index is 2.11. The van der Waals surface area contributed by atoms with Crippen LogP contribution < -0.4 is 11.1 Å². The third-order valence-electron chi connectivity index (χ3n) is 4.13.